The molecule has 0 N–H and O–H groups in total. The summed E-state index contributed by atoms with van der Waals surface area (Å²) >= 11 is 6.02. The highest BCUT2D eigenvalue weighted by molar-refractivity contribution is 6.62. The molecule has 0 spiro atoms. The number of halogens is 2. The molecule has 1 heterocycles. The third-order valence-electron chi connectivity index (χ3n) is 4.21. The summed E-state index contributed by atoms with van der Waals surface area (Å²) in [6.45, 7) is 12.7. The van der Waals surface area contributed by atoms with E-state index in [1.54, 1.807) is 20.8 Å². The molecule has 1 aliphatic rings. The van der Waals surface area contributed by atoms with Gasteiger partial charge in [0.05, 0.1) is 21.8 Å². The van der Waals surface area contributed by atoms with Gasteiger partial charge in [-0.05, 0) is 60.6 Å². The molecule has 0 amide bonds. The van der Waals surface area contributed by atoms with Gasteiger partial charge >= 0.3 is 13.1 Å². The molecule has 1 aromatic carbocycles. The van der Waals surface area contributed by atoms with E-state index in [4.69, 9.17) is 25.6 Å². The van der Waals surface area contributed by atoms with Crippen LogP contribution in [0.2, 0.25) is 5.02 Å². The molecular formula is C17H23BClFO4. The molecular weight excluding hydrogens is 333 g/mol. The van der Waals surface area contributed by atoms with Gasteiger partial charge in [-0.25, -0.2) is 9.18 Å². The number of ether oxygens (including phenoxy) is 1. The standard InChI is InChI=1S/C17H23BClFO4/c1-15(2,3)22-14(21)10-8-11(13(20)9-12(10)19)18-23-16(4,5)17(6,7)24-18/h8-9H,1-7H3. The van der Waals surface area contributed by atoms with Gasteiger partial charge in [0.1, 0.15) is 11.4 Å². The largest absolute Gasteiger partial charge is 0.497 e. The van der Waals surface area contributed by atoms with Gasteiger partial charge in [-0.15, -0.1) is 0 Å². The van der Waals surface area contributed by atoms with Crippen molar-refractivity contribution in [2.75, 3.05) is 0 Å². The van der Waals surface area contributed by atoms with Gasteiger partial charge in [0.25, 0.3) is 0 Å². The second-order valence-electron chi connectivity index (χ2n) is 7.94. The monoisotopic (exact) mass is 356 g/mol. The lowest BCUT2D eigenvalue weighted by atomic mass is 9.78. The Morgan fingerprint density at radius 2 is 1.67 bits per heavy atom. The highest BCUT2D eigenvalue weighted by Crippen LogP contribution is 2.37. The Morgan fingerprint density at radius 3 is 2.12 bits per heavy atom. The molecule has 4 nitrogen and oxygen atoms in total. The summed E-state index contributed by atoms with van der Waals surface area (Å²) in [6.07, 6.45) is 0. The average molecular weight is 357 g/mol. The highest BCUT2D eigenvalue weighted by atomic mass is 35.5. The Kier molecular flexibility index (Phi) is 4.81. The maximum Gasteiger partial charge on any atom is 0.497 e. The lowest BCUT2D eigenvalue weighted by molar-refractivity contribution is 0.00578. The molecule has 0 atom stereocenters. The van der Waals surface area contributed by atoms with Crippen LogP contribution in [0.15, 0.2) is 12.1 Å². The van der Waals surface area contributed by atoms with Crippen LogP contribution >= 0.6 is 11.6 Å². The zero-order valence-electron chi connectivity index (χ0n) is 15.1. The number of esters is 1. The number of hydrogen-bond donors (Lipinski definition) is 0. The van der Waals surface area contributed by atoms with Gasteiger partial charge in [-0.1, -0.05) is 11.6 Å². The molecule has 1 saturated heterocycles. The molecule has 24 heavy (non-hydrogen) atoms. The first-order valence-corrected chi connectivity index (χ1v) is 8.19. The Balaban J connectivity index is 2.40. The molecule has 0 radical (unpaired) electrons. The smallest absolute Gasteiger partial charge is 0.456 e. The van der Waals surface area contributed by atoms with Crippen molar-refractivity contribution in [3.63, 3.8) is 0 Å². The van der Waals surface area contributed by atoms with E-state index in [0.717, 1.165) is 6.07 Å². The number of rotatable bonds is 2. The molecule has 1 aliphatic heterocycles. The van der Waals surface area contributed by atoms with E-state index in [9.17, 15) is 9.18 Å². The topological polar surface area (TPSA) is 44.8 Å². The predicted molar refractivity (Wildman–Crippen MR) is 92.3 cm³/mol. The Bertz CT molecular complexity index is 651. The van der Waals surface area contributed by atoms with Crippen molar-refractivity contribution in [2.24, 2.45) is 0 Å². The summed E-state index contributed by atoms with van der Waals surface area (Å²) < 4.78 is 31.4. The normalized spacial score (nSPS) is 19.5. The zero-order chi connectivity index (χ0) is 18.5. The fraction of sp³-hybridized carbons (Fsp3) is 0.588. The van der Waals surface area contributed by atoms with Crippen molar-refractivity contribution < 1.29 is 23.2 Å². The molecule has 7 heteroatoms. The summed E-state index contributed by atoms with van der Waals surface area (Å²) in [6, 6.07) is 2.43. The van der Waals surface area contributed by atoms with Crippen LogP contribution in [0.25, 0.3) is 0 Å². The molecule has 0 bridgehead atoms. The number of carbonyl (C=O) groups excluding carboxylic acids is 1. The van der Waals surface area contributed by atoms with Crippen LogP contribution in [0, 0.1) is 5.82 Å². The fourth-order valence-corrected chi connectivity index (χ4v) is 2.43. The quantitative estimate of drug-likeness (QED) is 0.598. The predicted octanol–water partition coefficient (Wildman–Crippen LogP) is 3.73. The van der Waals surface area contributed by atoms with Crippen LogP contribution < -0.4 is 5.46 Å². The van der Waals surface area contributed by atoms with E-state index in [0.29, 0.717) is 0 Å². The Morgan fingerprint density at radius 1 is 1.17 bits per heavy atom. The summed E-state index contributed by atoms with van der Waals surface area (Å²) in [5, 5.41) is -0.0120. The maximum atomic E-state index is 14.4. The van der Waals surface area contributed by atoms with Gasteiger partial charge in [-0.3, -0.25) is 0 Å². The molecule has 132 valence electrons. The summed E-state index contributed by atoms with van der Waals surface area (Å²) in [5.41, 5.74) is -1.71. The lowest BCUT2D eigenvalue weighted by Gasteiger charge is -2.32. The van der Waals surface area contributed by atoms with Gasteiger partial charge < -0.3 is 14.0 Å². The molecule has 0 aliphatic carbocycles. The number of hydrogen-bond acceptors (Lipinski definition) is 4. The fourth-order valence-electron chi connectivity index (χ4n) is 2.21. The second-order valence-corrected chi connectivity index (χ2v) is 8.35. The minimum Gasteiger partial charge on any atom is -0.456 e. The Hall–Kier alpha value is -1.11. The van der Waals surface area contributed by atoms with Crippen LogP contribution in [0.1, 0.15) is 58.8 Å². The minimum atomic E-state index is -0.923. The molecule has 1 fully saturated rings. The van der Waals surface area contributed by atoms with Crippen molar-refractivity contribution in [1.29, 1.82) is 0 Å². The summed E-state index contributed by atoms with van der Waals surface area (Å²) in [7, 11) is -0.923. The highest BCUT2D eigenvalue weighted by Gasteiger charge is 2.52. The number of carbonyl (C=O) groups is 1. The van der Waals surface area contributed by atoms with E-state index in [-0.39, 0.29) is 16.0 Å². The molecule has 2 rings (SSSR count). The number of benzene rings is 1. The Labute approximate surface area is 147 Å². The van der Waals surface area contributed by atoms with Gasteiger partial charge in [0.15, 0.2) is 0 Å². The first-order valence-electron chi connectivity index (χ1n) is 7.81. The van der Waals surface area contributed by atoms with E-state index in [1.165, 1.54) is 6.07 Å². The minimum absolute atomic E-state index is 0.0120. The first kappa shape index (κ1) is 19.2. The second kappa shape index (κ2) is 6.01. The van der Waals surface area contributed by atoms with Crippen LogP contribution in [0.4, 0.5) is 4.39 Å². The zero-order valence-corrected chi connectivity index (χ0v) is 15.9. The van der Waals surface area contributed by atoms with E-state index in [2.05, 4.69) is 0 Å². The SMILES string of the molecule is CC(C)(C)OC(=O)c1cc(B2OC(C)(C)C(C)(C)O2)c(F)cc1Cl. The van der Waals surface area contributed by atoms with E-state index < -0.39 is 35.7 Å². The van der Waals surface area contributed by atoms with Gasteiger partial charge in [0.2, 0.25) is 0 Å². The maximum absolute atomic E-state index is 14.4. The van der Waals surface area contributed by atoms with Gasteiger partial charge in [-0.2, -0.15) is 0 Å². The molecule has 0 aromatic heterocycles. The lowest BCUT2D eigenvalue weighted by Crippen LogP contribution is -2.41. The molecule has 0 unspecified atom stereocenters. The average Bonchev–Trinajstić information content (AvgIpc) is 2.55. The summed E-state index contributed by atoms with van der Waals surface area (Å²) in [5.74, 6) is -1.21. The van der Waals surface area contributed by atoms with Crippen molar-refractivity contribution in [3.05, 3.63) is 28.5 Å². The van der Waals surface area contributed by atoms with E-state index >= 15 is 0 Å². The van der Waals surface area contributed by atoms with Crippen molar-refractivity contribution in [2.45, 2.75) is 65.3 Å². The van der Waals surface area contributed by atoms with Crippen LogP contribution in [-0.2, 0) is 14.0 Å². The third kappa shape index (κ3) is 3.76. The van der Waals surface area contributed by atoms with Crippen molar-refractivity contribution in [3.8, 4) is 0 Å². The molecule has 1 aromatic rings. The summed E-state index contributed by atoms with van der Waals surface area (Å²) in [4.78, 5) is 12.3. The molecule has 0 saturated carbocycles. The van der Waals surface area contributed by atoms with Crippen molar-refractivity contribution >= 4 is 30.2 Å². The van der Waals surface area contributed by atoms with Crippen LogP contribution in [0.3, 0.4) is 0 Å². The van der Waals surface area contributed by atoms with Crippen LogP contribution in [0.5, 0.6) is 0 Å². The first-order chi connectivity index (χ1) is 10.7. The van der Waals surface area contributed by atoms with E-state index in [1.807, 2.05) is 27.7 Å². The van der Waals surface area contributed by atoms with Crippen LogP contribution in [-0.4, -0.2) is 29.9 Å². The van der Waals surface area contributed by atoms with Crippen molar-refractivity contribution in [1.82, 2.24) is 0 Å². The third-order valence-corrected chi connectivity index (χ3v) is 4.53. The van der Waals surface area contributed by atoms with Gasteiger partial charge in [0, 0.05) is 5.46 Å².